The highest BCUT2D eigenvalue weighted by Gasteiger charge is 1.97. The molecule has 4 nitrogen and oxygen atoms in total. The van der Waals surface area contributed by atoms with Crippen LogP contribution in [-0.4, -0.2) is 12.5 Å². The van der Waals surface area contributed by atoms with Gasteiger partial charge in [0, 0.05) is 6.54 Å². The van der Waals surface area contributed by atoms with Gasteiger partial charge >= 0.3 is 0 Å². The lowest BCUT2D eigenvalue weighted by Gasteiger charge is -2.06. The Morgan fingerprint density at radius 2 is 1.50 bits per heavy atom. The number of nitrogens with two attached hydrogens (primary N) is 2. The van der Waals surface area contributed by atoms with E-state index >= 15 is 0 Å². The fraction of sp³-hybridized carbons (Fsp3) is 0.133. The standard InChI is InChI=1S/C15H17N3O.ClH/c16-15(17)18-11-10-12-6-8-14(9-7-12)19-13-4-2-1-3-5-13;/h1-9H,10-11H2,(H4,16,17,18);1H. The maximum absolute atomic E-state index is 5.71. The number of halogens is 1. The fourth-order valence-corrected chi connectivity index (χ4v) is 1.66. The van der Waals surface area contributed by atoms with Crippen molar-refractivity contribution in [3.63, 3.8) is 0 Å². The fourth-order valence-electron chi connectivity index (χ4n) is 1.66. The molecule has 0 aromatic heterocycles. The van der Waals surface area contributed by atoms with E-state index in [0.717, 1.165) is 17.9 Å². The minimum Gasteiger partial charge on any atom is -0.457 e. The highest BCUT2D eigenvalue weighted by Crippen LogP contribution is 2.21. The molecule has 0 fully saturated rings. The van der Waals surface area contributed by atoms with Gasteiger partial charge in [-0.3, -0.25) is 4.99 Å². The Labute approximate surface area is 124 Å². The van der Waals surface area contributed by atoms with E-state index in [9.17, 15) is 0 Å². The van der Waals surface area contributed by atoms with Crippen LogP contribution in [0.25, 0.3) is 0 Å². The molecule has 4 N–H and O–H groups in total. The highest BCUT2D eigenvalue weighted by atomic mass is 35.5. The van der Waals surface area contributed by atoms with Gasteiger partial charge in [0.2, 0.25) is 0 Å². The van der Waals surface area contributed by atoms with E-state index in [1.807, 2.05) is 54.6 Å². The van der Waals surface area contributed by atoms with Crippen molar-refractivity contribution < 1.29 is 4.74 Å². The summed E-state index contributed by atoms with van der Waals surface area (Å²) in [6.45, 7) is 0.598. The summed E-state index contributed by atoms with van der Waals surface area (Å²) < 4.78 is 5.71. The molecule has 0 saturated heterocycles. The van der Waals surface area contributed by atoms with E-state index in [4.69, 9.17) is 16.2 Å². The molecule has 0 aliphatic heterocycles. The van der Waals surface area contributed by atoms with Crippen molar-refractivity contribution in [1.29, 1.82) is 0 Å². The Morgan fingerprint density at radius 1 is 0.900 bits per heavy atom. The van der Waals surface area contributed by atoms with Crippen molar-refractivity contribution in [3.05, 3.63) is 60.2 Å². The molecule has 0 saturated carbocycles. The zero-order valence-electron chi connectivity index (χ0n) is 11.0. The first-order chi connectivity index (χ1) is 9.24. The number of hydrogen-bond acceptors (Lipinski definition) is 2. The third-order valence-corrected chi connectivity index (χ3v) is 2.60. The number of benzene rings is 2. The van der Waals surface area contributed by atoms with Gasteiger partial charge in [-0.15, -0.1) is 12.4 Å². The molecule has 0 aliphatic carbocycles. The van der Waals surface area contributed by atoms with Gasteiger partial charge in [0.05, 0.1) is 0 Å². The minimum atomic E-state index is 0. The monoisotopic (exact) mass is 291 g/mol. The third-order valence-electron chi connectivity index (χ3n) is 2.60. The Hall–Kier alpha value is -2.20. The zero-order chi connectivity index (χ0) is 13.5. The van der Waals surface area contributed by atoms with Crippen LogP contribution in [0, 0.1) is 0 Å². The molecule has 0 spiro atoms. The van der Waals surface area contributed by atoms with Gasteiger partial charge in [-0.05, 0) is 36.2 Å². The SMILES string of the molecule is Cl.NC(N)=NCCc1ccc(Oc2ccccc2)cc1. The summed E-state index contributed by atoms with van der Waals surface area (Å²) in [5.41, 5.74) is 11.7. The Bertz CT molecular complexity index is 537. The predicted molar refractivity (Wildman–Crippen MR) is 84.6 cm³/mol. The molecule has 0 radical (unpaired) electrons. The van der Waals surface area contributed by atoms with Gasteiger partial charge in [0.1, 0.15) is 11.5 Å². The van der Waals surface area contributed by atoms with E-state index in [1.165, 1.54) is 5.56 Å². The molecule has 5 heteroatoms. The lowest BCUT2D eigenvalue weighted by atomic mass is 10.1. The first kappa shape index (κ1) is 15.9. The van der Waals surface area contributed by atoms with E-state index in [1.54, 1.807) is 0 Å². The van der Waals surface area contributed by atoms with Crippen molar-refractivity contribution in [2.24, 2.45) is 16.5 Å². The molecule has 0 aliphatic rings. The summed E-state index contributed by atoms with van der Waals surface area (Å²) in [4.78, 5) is 3.95. The number of nitrogens with zero attached hydrogens (tertiary/aromatic N) is 1. The molecule has 0 atom stereocenters. The summed E-state index contributed by atoms with van der Waals surface area (Å²) in [6.07, 6.45) is 0.809. The average molecular weight is 292 g/mol. The summed E-state index contributed by atoms with van der Waals surface area (Å²) in [5, 5.41) is 0. The smallest absolute Gasteiger partial charge is 0.185 e. The van der Waals surface area contributed by atoms with Gasteiger partial charge in [0.15, 0.2) is 5.96 Å². The van der Waals surface area contributed by atoms with Gasteiger partial charge in [-0.25, -0.2) is 0 Å². The quantitative estimate of drug-likeness (QED) is 0.657. The maximum Gasteiger partial charge on any atom is 0.185 e. The minimum absolute atomic E-state index is 0. The Kier molecular flexibility index (Phi) is 6.40. The van der Waals surface area contributed by atoms with Crippen molar-refractivity contribution in [1.82, 2.24) is 0 Å². The predicted octanol–water partition coefficient (Wildman–Crippen LogP) is 2.72. The number of hydrogen-bond donors (Lipinski definition) is 2. The molecular formula is C15H18ClN3O. The van der Waals surface area contributed by atoms with Crippen LogP contribution in [0.4, 0.5) is 0 Å². The molecule has 0 heterocycles. The second-order valence-electron chi connectivity index (χ2n) is 4.12. The third kappa shape index (κ3) is 5.20. The molecule has 2 rings (SSSR count). The molecular weight excluding hydrogens is 274 g/mol. The van der Waals surface area contributed by atoms with Crippen LogP contribution in [0.1, 0.15) is 5.56 Å². The van der Waals surface area contributed by atoms with Crippen molar-refractivity contribution in [2.45, 2.75) is 6.42 Å². The molecule has 2 aromatic rings. The lowest BCUT2D eigenvalue weighted by Crippen LogP contribution is -2.23. The molecule has 20 heavy (non-hydrogen) atoms. The van der Waals surface area contributed by atoms with E-state index in [-0.39, 0.29) is 18.4 Å². The van der Waals surface area contributed by atoms with Crippen LogP contribution in [0.3, 0.4) is 0 Å². The number of guanidine groups is 1. The van der Waals surface area contributed by atoms with Crippen LogP contribution in [0.5, 0.6) is 11.5 Å². The molecule has 106 valence electrons. The van der Waals surface area contributed by atoms with Crippen LogP contribution in [-0.2, 0) is 6.42 Å². The zero-order valence-corrected chi connectivity index (χ0v) is 11.8. The second kappa shape index (κ2) is 8.07. The van der Waals surface area contributed by atoms with Crippen molar-refractivity contribution in [3.8, 4) is 11.5 Å². The average Bonchev–Trinajstić information content (AvgIpc) is 2.42. The molecule has 0 bridgehead atoms. The first-order valence-corrected chi connectivity index (χ1v) is 6.11. The van der Waals surface area contributed by atoms with Gasteiger partial charge in [-0.1, -0.05) is 30.3 Å². The number of ether oxygens (including phenoxy) is 1. The summed E-state index contributed by atoms with van der Waals surface area (Å²) in [6, 6.07) is 17.6. The normalized spacial score (nSPS) is 9.40. The van der Waals surface area contributed by atoms with E-state index in [0.29, 0.717) is 6.54 Å². The van der Waals surface area contributed by atoms with Crippen molar-refractivity contribution >= 4 is 18.4 Å². The lowest BCUT2D eigenvalue weighted by molar-refractivity contribution is 0.482. The van der Waals surface area contributed by atoms with E-state index < -0.39 is 0 Å². The van der Waals surface area contributed by atoms with Crippen LogP contribution < -0.4 is 16.2 Å². The Morgan fingerprint density at radius 3 is 2.10 bits per heavy atom. The highest BCUT2D eigenvalue weighted by molar-refractivity contribution is 5.85. The molecule has 0 amide bonds. The summed E-state index contributed by atoms with van der Waals surface area (Å²) in [7, 11) is 0. The number of aliphatic imine (C=N–C) groups is 1. The van der Waals surface area contributed by atoms with Crippen LogP contribution in [0.2, 0.25) is 0 Å². The first-order valence-electron chi connectivity index (χ1n) is 6.11. The van der Waals surface area contributed by atoms with Crippen LogP contribution >= 0.6 is 12.4 Å². The second-order valence-corrected chi connectivity index (χ2v) is 4.12. The number of para-hydroxylation sites is 1. The van der Waals surface area contributed by atoms with Crippen molar-refractivity contribution in [2.75, 3.05) is 6.54 Å². The largest absolute Gasteiger partial charge is 0.457 e. The van der Waals surface area contributed by atoms with E-state index in [2.05, 4.69) is 4.99 Å². The topological polar surface area (TPSA) is 73.6 Å². The van der Waals surface area contributed by atoms with Crippen LogP contribution in [0.15, 0.2) is 59.6 Å². The molecule has 2 aromatic carbocycles. The van der Waals surface area contributed by atoms with Gasteiger partial charge in [0.25, 0.3) is 0 Å². The molecule has 0 unspecified atom stereocenters. The van der Waals surface area contributed by atoms with Gasteiger partial charge in [-0.2, -0.15) is 0 Å². The number of rotatable bonds is 5. The maximum atomic E-state index is 5.71. The summed E-state index contributed by atoms with van der Waals surface area (Å²) >= 11 is 0. The van der Waals surface area contributed by atoms with Gasteiger partial charge < -0.3 is 16.2 Å². The summed E-state index contributed by atoms with van der Waals surface area (Å²) in [5.74, 6) is 1.77. The Balaban J connectivity index is 0.00000200.